The molecular formula is C20H21BrN2O2. The molecule has 0 aliphatic heterocycles. The third kappa shape index (κ3) is 5.61. The number of carbonyl (C=O) groups excluding carboxylic acids is 1. The monoisotopic (exact) mass is 400 g/mol. The van der Waals surface area contributed by atoms with E-state index in [2.05, 4.69) is 22.0 Å². The number of ether oxygens (including phenoxy) is 1. The van der Waals surface area contributed by atoms with Crippen molar-refractivity contribution in [1.29, 1.82) is 5.26 Å². The van der Waals surface area contributed by atoms with Crippen molar-refractivity contribution in [1.82, 2.24) is 4.90 Å². The number of benzene rings is 2. The molecule has 0 fully saturated rings. The van der Waals surface area contributed by atoms with Gasteiger partial charge in [0.05, 0.1) is 24.7 Å². The first-order chi connectivity index (χ1) is 12.2. The largest absolute Gasteiger partial charge is 0.493 e. The maximum atomic E-state index is 13.0. The Morgan fingerprint density at radius 1 is 1.20 bits per heavy atom. The van der Waals surface area contributed by atoms with Gasteiger partial charge in [-0.1, -0.05) is 46.3 Å². The minimum atomic E-state index is -0.115. The van der Waals surface area contributed by atoms with Crippen molar-refractivity contribution in [2.75, 3.05) is 19.7 Å². The molecule has 0 unspecified atom stereocenters. The summed E-state index contributed by atoms with van der Waals surface area (Å²) < 4.78 is 6.42. The van der Waals surface area contributed by atoms with E-state index in [0.29, 0.717) is 37.4 Å². The molecule has 0 N–H and O–H groups in total. The van der Waals surface area contributed by atoms with Crippen LogP contribution in [0.25, 0.3) is 0 Å². The smallest absolute Gasteiger partial charge is 0.257 e. The molecule has 130 valence electrons. The Balaban J connectivity index is 2.20. The van der Waals surface area contributed by atoms with E-state index < -0.39 is 0 Å². The van der Waals surface area contributed by atoms with Gasteiger partial charge in [0.2, 0.25) is 0 Å². The Kier molecular flexibility index (Phi) is 7.49. The number of rotatable bonds is 8. The fraction of sp³-hybridized carbons (Fsp3) is 0.300. The fourth-order valence-corrected chi connectivity index (χ4v) is 2.89. The minimum Gasteiger partial charge on any atom is -0.493 e. The SMILES string of the molecule is CCOc1ccc(Br)cc1C(=O)N(CCC#N)CCc1ccccc1. The molecule has 25 heavy (non-hydrogen) atoms. The van der Waals surface area contributed by atoms with E-state index in [1.54, 1.807) is 17.0 Å². The minimum absolute atomic E-state index is 0.115. The molecule has 2 aromatic rings. The first-order valence-corrected chi connectivity index (χ1v) is 9.07. The number of carbonyl (C=O) groups is 1. The van der Waals surface area contributed by atoms with Gasteiger partial charge in [-0.3, -0.25) is 4.79 Å². The number of halogens is 1. The van der Waals surface area contributed by atoms with Crippen LogP contribution < -0.4 is 4.74 Å². The summed E-state index contributed by atoms with van der Waals surface area (Å²) in [5.74, 6) is 0.452. The molecule has 0 saturated carbocycles. The van der Waals surface area contributed by atoms with Gasteiger partial charge >= 0.3 is 0 Å². The van der Waals surface area contributed by atoms with Gasteiger partial charge in [-0.05, 0) is 37.1 Å². The molecule has 2 rings (SSSR count). The topological polar surface area (TPSA) is 53.3 Å². The van der Waals surface area contributed by atoms with Gasteiger partial charge in [-0.15, -0.1) is 0 Å². The zero-order valence-electron chi connectivity index (χ0n) is 14.2. The van der Waals surface area contributed by atoms with Crippen molar-refractivity contribution in [2.45, 2.75) is 19.8 Å². The number of nitriles is 1. The van der Waals surface area contributed by atoms with Crippen LogP contribution in [0.3, 0.4) is 0 Å². The summed E-state index contributed by atoms with van der Waals surface area (Å²) in [7, 11) is 0. The first kappa shape index (κ1) is 19.0. The van der Waals surface area contributed by atoms with Gasteiger partial charge in [0.25, 0.3) is 5.91 Å². The van der Waals surface area contributed by atoms with Gasteiger partial charge in [-0.2, -0.15) is 5.26 Å². The molecule has 0 aliphatic carbocycles. The average molecular weight is 401 g/mol. The fourth-order valence-electron chi connectivity index (χ4n) is 2.53. The normalized spacial score (nSPS) is 10.1. The first-order valence-electron chi connectivity index (χ1n) is 8.28. The van der Waals surface area contributed by atoms with Crippen molar-refractivity contribution in [3.8, 4) is 11.8 Å². The van der Waals surface area contributed by atoms with Gasteiger partial charge in [0.1, 0.15) is 5.75 Å². The van der Waals surface area contributed by atoms with Crippen LogP contribution >= 0.6 is 15.9 Å². The van der Waals surface area contributed by atoms with Crippen LogP contribution in [0.4, 0.5) is 0 Å². The van der Waals surface area contributed by atoms with Crippen LogP contribution in [0.5, 0.6) is 5.75 Å². The van der Waals surface area contributed by atoms with E-state index in [1.165, 1.54) is 0 Å². The lowest BCUT2D eigenvalue weighted by molar-refractivity contribution is 0.0756. The van der Waals surface area contributed by atoms with Gasteiger partial charge in [0, 0.05) is 17.6 Å². The standard InChI is InChI=1S/C20H21BrN2O2/c1-2-25-19-10-9-17(21)15-18(19)20(24)23(13-6-12-22)14-11-16-7-4-3-5-8-16/h3-5,7-10,15H,2,6,11,13-14H2,1H3. The van der Waals surface area contributed by atoms with Crippen LogP contribution in [0.1, 0.15) is 29.3 Å². The number of amides is 1. The second-order valence-electron chi connectivity index (χ2n) is 5.51. The van der Waals surface area contributed by atoms with E-state index in [4.69, 9.17) is 10.00 Å². The van der Waals surface area contributed by atoms with Crippen molar-refractivity contribution >= 4 is 21.8 Å². The quantitative estimate of drug-likeness (QED) is 0.657. The summed E-state index contributed by atoms with van der Waals surface area (Å²) in [5.41, 5.74) is 1.68. The summed E-state index contributed by atoms with van der Waals surface area (Å²) in [6, 6.07) is 17.6. The maximum Gasteiger partial charge on any atom is 0.257 e. The highest BCUT2D eigenvalue weighted by molar-refractivity contribution is 9.10. The predicted octanol–water partition coefficient (Wildman–Crippen LogP) is 4.45. The highest BCUT2D eigenvalue weighted by atomic mass is 79.9. The molecule has 5 heteroatoms. The predicted molar refractivity (Wildman–Crippen MR) is 102 cm³/mol. The van der Waals surface area contributed by atoms with Crippen LogP contribution in [-0.4, -0.2) is 30.5 Å². The molecule has 0 bridgehead atoms. The highest BCUT2D eigenvalue weighted by Crippen LogP contribution is 2.25. The summed E-state index contributed by atoms with van der Waals surface area (Å²) in [6.45, 7) is 3.34. The molecular weight excluding hydrogens is 380 g/mol. The molecule has 0 aromatic heterocycles. The van der Waals surface area contributed by atoms with Crippen molar-refractivity contribution in [3.05, 3.63) is 64.1 Å². The number of hydrogen-bond acceptors (Lipinski definition) is 3. The van der Waals surface area contributed by atoms with E-state index in [9.17, 15) is 4.79 Å². The van der Waals surface area contributed by atoms with Crippen LogP contribution in [0.15, 0.2) is 53.0 Å². The molecule has 0 radical (unpaired) electrons. The molecule has 0 atom stereocenters. The zero-order chi connectivity index (χ0) is 18.1. The molecule has 2 aromatic carbocycles. The summed E-state index contributed by atoms with van der Waals surface area (Å²) in [4.78, 5) is 14.8. The van der Waals surface area contributed by atoms with E-state index in [-0.39, 0.29) is 5.91 Å². The van der Waals surface area contributed by atoms with E-state index in [0.717, 1.165) is 16.5 Å². The van der Waals surface area contributed by atoms with Crippen LogP contribution in [0, 0.1) is 11.3 Å². The van der Waals surface area contributed by atoms with Gasteiger partial charge in [-0.25, -0.2) is 0 Å². The second kappa shape index (κ2) is 9.85. The zero-order valence-corrected chi connectivity index (χ0v) is 15.8. The van der Waals surface area contributed by atoms with Crippen LogP contribution in [0.2, 0.25) is 0 Å². The van der Waals surface area contributed by atoms with Gasteiger partial charge < -0.3 is 9.64 Å². The third-order valence-electron chi connectivity index (χ3n) is 3.77. The highest BCUT2D eigenvalue weighted by Gasteiger charge is 2.20. The summed E-state index contributed by atoms with van der Waals surface area (Å²) in [6.07, 6.45) is 1.05. The second-order valence-corrected chi connectivity index (χ2v) is 6.43. The Labute approximate surface area is 157 Å². The lowest BCUT2D eigenvalue weighted by Crippen LogP contribution is -2.34. The summed E-state index contributed by atoms with van der Waals surface area (Å²) in [5, 5.41) is 8.92. The lowest BCUT2D eigenvalue weighted by Gasteiger charge is -2.23. The molecule has 0 saturated heterocycles. The van der Waals surface area contributed by atoms with E-state index in [1.807, 2.05) is 43.3 Å². The van der Waals surface area contributed by atoms with Crippen molar-refractivity contribution in [3.63, 3.8) is 0 Å². The molecule has 1 amide bonds. The maximum absolute atomic E-state index is 13.0. The Morgan fingerprint density at radius 2 is 1.96 bits per heavy atom. The molecule has 0 spiro atoms. The Bertz CT molecular complexity index is 741. The molecule has 0 heterocycles. The van der Waals surface area contributed by atoms with Crippen molar-refractivity contribution in [2.24, 2.45) is 0 Å². The molecule has 0 aliphatic rings. The van der Waals surface area contributed by atoms with Crippen molar-refractivity contribution < 1.29 is 9.53 Å². The lowest BCUT2D eigenvalue weighted by atomic mass is 10.1. The Hall–Kier alpha value is -2.32. The summed E-state index contributed by atoms with van der Waals surface area (Å²) >= 11 is 3.41. The number of hydrogen-bond donors (Lipinski definition) is 0. The van der Waals surface area contributed by atoms with Gasteiger partial charge in [0.15, 0.2) is 0 Å². The van der Waals surface area contributed by atoms with Crippen LogP contribution in [-0.2, 0) is 6.42 Å². The van der Waals surface area contributed by atoms with E-state index >= 15 is 0 Å². The average Bonchev–Trinajstić information content (AvgIpc) is 2.64. The molecule has 4 nitrogen and oxygen atoms in total. The third-order valence-corrected chi connectivity index (χ3v) is 4.26. The Morgan fingerprint density at radius 3 is 2.64 bits per heavy atom. The number of nitrogens with zero attached hydrogens (tertiary/aromatic N) is 2.